The molecular formula is C31H42N4O2. The Morgan fingerprint density at radius 1 is 1.32 bits per heavy atom. The van der Waals surface area contributed by atoms with Crippen LogP contribution in [0.5, 0.6) is 0 Å². The van der Waals surface area contributed by atoms with Gasteiger partial charge in [-0.1, -0.05) is 37.3 Å². The second kappa shape index (κ2) is 10.3. The zero-order valence-corrected chi connectivity index (χ0v) is 22.8. The molecule has 1 saturated carbocycles. The van der Waals surface area contributed by atoms with Gasteiger partial charge in [-0.15, -0.1) is 0 Å². The molecule has 0 amide bonds. The third kappa shape index (κ3) is 4.99. The van der Waals surface area contributed by atoms with Crippen molar-refractivity contribution in [3.8, 4) is 0 Å². The smallest absolute Gasteiger partial charge is 0.141 e. The van der Waals surface area contributed by atoms with Crippen LogP contribution in [0, 0.1) is 16.7 Å². The first kappa shape index (κ1) is 26.1. The summed E-state index contributed by atoms with van der Waals surface area (Å²) in [6.45, 7) is 7.08. The van der Waals surface area contributed by atoms with Crippen LogP contribution in [0.15, 0.2) is 65.0 Å². The maximum atomic E-state index is 11.8. The number of methoxy groups -OCH3 is 1. The number of aliphatic imine (C=N–C) groups is 1. The van der Waals surface area contributed by atoms with E-state index in [-0.39, 0.29) is 5.41 Å². The third-order valence-electron chi connectivity index (χ3n) is 9.07. The van der Waals surface area contributed by atoms with E-state index in [9.17, 15) is 5.11 Å². The van der Waals surface area contributed by atoms with Crippen LogP contribution in [0.4, 0.5) is 0 Å². The topological polar surface area (TPSA) is 72.2 Å². The zero-order valence-electron chi connectivity index (χ0n) is 22.8. The molecule has 0 bridgehead atoms. The average molecular weight is 503 g/mol. The van der Waals surface area contributed by atoms with Crippen molar-refractivity contribution >= 4 is 11.4 Å². The lowest BCUT2D eigenvalue weighted by Gasteiger charge is -2.40. The van der Waals surface area contributed by atoms with E-state index in [4.69, 9.17) is 10.1 Å². The molecule has 2 fully saturated rings. The number of rotatable bonds is 9. The van der Waals surface area contributed by atoms with Crippen LogP contribution in [0.3, 0.4) is 0 Å². The number of fused-ring (bicyclic) bond motifs is 1. The fourth-order valence-corrected chi connectivity index (χ4v) is 6.43. The van der Waals surface area contributed by atoms with Crippen molar-refractivity contribution < 1.29 is 9.84 Å². The largest absolute Gasteiger partial charge is 0.497 e. The number of aliphatic hydroxyl groups is 1. The van der Waals surface area contributed by atoms with Crippen LogP contribution in [0.1, 0.15) is 63.5 Å². The van der Waals surface area contributed by atoms with E-state index in [0.717, 1.165) is 75.0 Å². The fraction of sp³-hybridized carbons (Fsp3) is 0.548. The van der Waals surface area contributed by atoms with Gasteiger partial charge in [-0.05, 0) is 87.4 Å². The molecule has 1 aromatic carbocycles. The summed E-state index contributed by atoms with van der Waals surface area (Å²) in [5.74, 6) is 1.28. The van der Waals surface area contributed by atoms with Gasteiger partial charge in [-0.2, -0.15) is 0 Å². The minimum Gasteiger partial charge on any atom is -0.497 e. The molecule has 2 aliphatic heterocycles. The summed E-state index contributed by atoms with van der Waals surface area (Å²) in [7, 11) is 3.78. The number of likely N-dealkylation sites (tertiary alicyclic amines) is 1. The molecule has 2 N–H and O–H groups in total. The lowest BCUT2D eigenvalue weighted by molar-refractivity contribution is -0.110. The Labute approximate surface area is 221 Å². The van der Waals surface area contributed by atoms with Crippen molar-refractivity contribution in [2.24, 2.45) is 16.3 Å². The maximum Gasteiger partial charge on any atom is 0.141 e. The summed E-state index contributed by atoms with van der Waals surface area (Å²) >= 11 is 0. The number of nitrogens with zero attached hydrogens (tertiary/aromatic N) is 3. The first-order chi connectivity index (χ1) is 17.8. The van der Waals surface area contributed by atoms with Gasteiger partial charge in [0.05, 0.1) is 7.11 Å². The van der Waals surface area contributed by atoms with Gasteiger partial charge in [0.15, 0.2) is 0 Å². The van der Waals surface area contributed by atoms with Crippen LogP contribution in [-0.2, 0) is 10.5 Å². The zero-order chi connectivity index (χ0) is 26.2. The molecule has 4 atom stereocenters. The third-order valence-corrected chi connectivity index (χ3v) is 9.07. The van der Waals surface area contributed by atoms with E-state index in [1.54, 1.807) is 7.11 Å². The van der Waals surface area contributed by atoms with Gasteiger partial charge in [0.2, 0.25) is 0 Å². The number of hydrogen-bond donors (Lipinski definition) is 2. The van der Waals surface area contributed by atoms with E-state index in [0.29, 0.717) is 17.7 Å². The SMILES string of the molecule is CCC1=CC2(C(=N)c3cccc(C(C)(O)N(C)[C@@H]4CCCN(CC5=NC=CC5)CC4)c3)CC2C=C1OC. The van der Waals surface area contributed by atoms with Crippen LogP contribution in [0.25, 0.3) is 0 Å². The lowest BCUT2D eigenvalue weighted by atomic mass is 9.84. The van der Waals surface area contributed by atoms with Gasteiger partial charge in [-0.25, -0.2) is 0 Å². The highest BCUT2D eigenvalue weighted by Crippen LogP contribution is 2.60. The molecule has 198 valence electrons. The molecular weight excluding hydrogens is 460 g/mol. The molecule has 6 nitrogen and oxygen atoms in total. The molecule has 0 spiro atoms. The van der Waals surface area contributed by atoms with Crippen LogP contribution in [-0.4, -0.2) is 66.2 Å². The molecule has 0 radical (unpaired) electrons. The Hall–Kier alpha value is -2.54. The second-order valence-electron chi connectivity index (χ2n) is 11.3. The predicted octanol–water partition coefficient (Wildman–Crippen LogP) is 5.25. The van der Waals surface area contributed by atoms with E-state index in [1.165, 1.54) is 11.3 Å². The van der Waals surface area contributed by atoms with Gasteiger partial charge in [0.25, 0.3) is 0 Å². The molecule has 3 unspecified atom stereocenters. The lowest BCUT2D eigenvalue weighted by Crippen LogP contribution is -2.47. The molecule has 4 aliphatic rings. The highest BCUT2D eigenvalue weighted by Gasteiger charge is 2.57. The van der Waals surface area contributed by atoms with Crippen LogP contribution >= 0.6 is 0 Å². The number of nitrogens with one attached hydrogen (secondary N) is 1. The summed E-state index contributed by atoms with van der Waals surface area (Å²) < 4.78 is 5.59. The summed E-state index contributed by atoms with van der Waals surface area (Å²) in [6.07, 6.45) is 14.5. The summed E-state index contributed by atoms with van der Waals surface area (Å²) in [4.78, 5) is 9.14. The highest BCUT2D eigenvalue weighted by molar-refractivity contribution is 6.06. The van der Waals surface area contributed by atoms with Gasteiger partial charge in [0, 0.05) is 48.6 Å². The summed E-state index contributed by atoms with van der Waals surface area (Å²) in [5.41, 5.74) is 3.47. The van der Waals surface area contributed by atoms with Crippen molar-refractivity contribution in [3.63, 3.8) is 0 Å². The monoisotopic (exact) mass is 502 g/mol. The van der Waals surface area contributed by atoms with Crippen molar-refractivity contribution in [2.75, 3.05) is 33.8 Å². The Balaban J connectivity index is 1.29. The van der Waals surface area contributed by atoms with Crippen molar-refractivity contribution in [3.05, 3.63) is 71.2 Å². The normalized spacial score (nSPS) is 29.1. The minimum atomic E-state index is -1.11. The highest BCUT2D eigenvalue weighted by atomic mass is 16.5. The molecule has 2 heterocycles. The summed E-state index contributed by atoms with van der Waals surface area (Å²) in [6, 6.07) is 8.34. The van der Waals surface area contributed by atoms with E-state index in [1.807, 2.05) is 44.4 Å². The van der Waals surface area contributed by atoms with Gasteiger partial charge >= 0.3 is 0 Å². The average Bonchev–Trinajstić information content (AvgIpc) is 3.50. The first-order valence-corrected chi connectivity index (χ1v) is 13.8. The molecule has 37 heavy (non-hydrogen) atoms. The Kier molecular flexibility index (Phi) is 7.27. The first-order valence-electron chi connectivity index (χ1n) is 13.8. The number of ether oxygens (including phenoxy) is 1. The van der Waals surface area contributed by atoms with Crippen LogP contribution in [0.2, 0.25) is 0 Å². The van der Waals surface area contributed by atoms with Gasteiger partial charge < -0.3 is 15.3 Å². The maximum absolute atomic E-state index is 11.8. The molecule has 5 rings (SSSR count). The van der Waals surface area contributed by atoms with Gasteiger partial charge in [0.1, 0.15) is 11.5 Å². The van der Waals surface area contributed by atoms with Crippen molar-refractivity contribution in [2.45, 2.75) is 64.1 Å². The molecule has 1 aromatic rings. The molecule has 1 saturated heterocycles. The molecule has 6 heteroatoms. The van der Waals surface area contributed by atoms with E-state index >= 15 is 0 Å². The molecule has 2 aliphatic carbocycles. The van der Waals surface area contributed by atoms with Crippen molar-refractivity contribution in [1.29, 1.82) is 5.41 Å². The Morgan fingerprint density at radius 3 is 2.89 bits per heavy atom. The van der Waals surface area contributed by atoms with E-state index in [2.05, 4.69) is 39.9 Å². The fourth-order valence-electron chi connectivity index (χ4n) is 6.43. The quantitative estimate of drug-likeness (QED) is 0.357. The number of hydrogen-bond acceptors (Lipinski definition) is 6. The number of allylic oxidation sites excluding steroid dienone is 4. The summed E-state index contributed by atoms with van der Waals surface area (Å²) in [5, 5.41) is 21.0. The number of benzene rings is 1. The standard InChI is InChI=1S/C31H42N4O2/c1-5-22-19-31(20-25(31)18-28(22)37-4)29(32)23-9-6-10-24(17-23)30(2,36)34(3)27-12-8-15-35(16-13-27)21-26-11-7-14-33-26/h6-7,9-10,14,17-19,25,27,32,36H,5,8,11-13,15-16,20-21H2,1-4H3/t25?,27-,30?,31?/m1/s1. The van der Waals surface area contributed by atoms with Crippen molar-refractivity contribution in [1.82, 2.24) is 9.80 Å². The molecule has 0 aromatic heterocycles. The van der Waals surface area contributed by atoms with Gasteiger partial charge in [-0.3, -0.25) is 14.8 Å². The van der Waals surface area contributed by atoms with E-state index < -0.39 is 5.72 Å². The Morgan fingerprint density at radius 2 is 2.16 bits per heavy atom. The Bertz CT molecular complexity index is 1160. The minimum absolute atomic E-state index is 0.242. The second-order valence-corrected chi connectivity index (χ2v) is 11.3. The van der Waals surface area contributed by atoms with Crippen LogP contribution < -0.4 is 0 Å². The predicted molar refractivity (Wildman–Crippen MR) is 150 cm³/mol.